The van der Waals surface area contributed by atoms with Crippen molar-refractivity contribution in [3.05, 3.63) is 158 Å². The van der Waals surface area contributed by atoms with Gasteiger partial charge in [-0.2, -0.15) is 4.98 Å². The maximum Gasteiger partial charge on any atom is 0.231 e. The fourth-order valence-corrected chi connectivity index (χ4v) is 7.86. The molecule has 0 spiro atoms. The Morgan fingerprint density at radius 3 is 1.60 bits per heavy atom. The number of hydrogen-bond donors (Lipinski definition) is 0. The first-order valence-corrected chi connectivity index (χ1v) is 17.3. The molecule has 0 aliphatic rings. The molecule has 234 valence electrons. The predicted octanol–water partition coefficient (Wildman–Crippen LogP) is 11.9. The molecule has 0 fully saturated rings. The second-order valence-corrected chi connectivity index (χ2v) is 13.3. The third kappa shape index (κ3) is 4.77. The highest BCUT2D eigenvalue weighted by molar-refractivity contribution is 7.25. The van der Waals surface area contributed by atoms with Crippen LogP contribution in [0.3, 0.4) is 0 Å². The third-order valence-electron chi connectivity index (χ3n) is 9.15. The molecular formula is C44H26N4OS. The lowest BCUT2D eigenvalue weighted by atomic mass is 9.97. The molecule has 0 aliphatic carbocycles. The third-order valence-corrected chi connectivity index (χ3v) is 10.2. The highest BCUT2D eigenvalue weighted by Gasteiger charge is 2.20. The Morgan fingerprint density at radius 1 is 0.400 bits per heavy atom. The standard InChI is InChI=1S/C44H26N4OS/c1-3-13-27(14-4-1)41-45-39(37-33-21-7-9-23-35(33)49-43(37)47-41)31-19-11-17-29(25-31)30-18-12-20-32(26-30)40-38-34-22-8-10-24-36(34)50-44(38)48-42(46-40)28-15-5-2-6-16-28/h1-26H. The van der Waals surface area contributed by atoms with E-state index in [4.69, 9.17) is 24.4 Å². The van der Waals surface area contributed by atoms with Crippen molar-refractivity contribution < 1.29 is 4.42 Å². The van der Waals surface area contributed by atoms with E-state index in [1.54, 1.807) is 11.3 Å². The van der Waals surface area contributed by atoms with E-state index in [2.05, 4.69) is 91.0 Å². The van der Waals surface area contributed by atoms with Crippen LogP contribution in [0.1, 0.15) is 0 Å². The molecule has 0 saturated heterocycles. The van der Waals surface area contributed by atoms with Crippen molar-refractivity contribution in [2.45, 2.75) is 0 Å². The number of nitrogens with zero attached hydrogens (tertiary/aromatic N) is 4. The van der Waals surface area contributed by atoms with Crippen LogP contribution in [0.5, 0.6) is 0 Å². The zero-order valence-electron chi connectivity index (χ0n) is 26.6. The summed E-state index contributed by atoms with van der Waals surface area (Å²) in [5.41, 5.74) is 9.26. The Bertz CT molecular complexity index is 2680. The molecule has 4 heterocycles. The molecule has 0 aliphatic heterocycles. The van der Waals surface area contributed by atoms with Crippen molar-refractivity contribution in [2.75, 3.05) is 0 Å². The van der Waals surface area contributed by atoms with Crippen LogP contribution in [-0.4, -0.2) is 19.9 Å². The molecule has 0 bridgehead atoms. The van der Waals surface area contributed by atoms with Crippen LogP contribution in [0.4, 0.5) is 0 Å². The van der Waals surface area contributed by atoms with E-state index in [9.17, 15) is 0 Å². The SMILES string of the molecule is c1ccc(-c2nc(-c3cccc(-c4cccc(-c5nc(-c6ccccc6)nc6sc7ccccc7c56)c4)c3)c3c(n2)oc2ccccc23)cc1. The minimum atomic E-state index is 0.576. The van der Waals surface area contributed by atoms with Gasteiger partial charge in [-0.05, 0) is 35.4 Å². The van der Waals surface area contributed by atoms with Crippen LogP contribution in [-0.2, 0) is 0 Å². The van der Waals surface area contributed by atoms with Gasteiger partial charge < -0.3 is 4.42 Å². The summed E-state index contributed by atoms with van der Waals surface area (Å²) in [4.78, 5) is 21.3. The van der Waals surface area contributed by atoms with Gasteiger partial charge in [-0.1, -0.05) is 133 Å². The first kappa shape index (κ1) is 28.5. The minimum Gasteiger partial charge on any atom is -0.438 e. The van der Waals surface area contributed by atoms with Gasteiger partial charge in [0.05, 0.1) is 16.8 Å². The molecule has 0 unspecified atom stereocenters. The van der Waals surface area contributed by atoms with Crippen LogP contribution < -0.4 is 0 Å². The Balaban J connectivity index is 1.15. The molecule has 0 radical (unpaired) electrons. The second kappa shape index (κ2) is 11.6. The van der Waals surface area contributed by atoms with Crippen molar-refractivity contribution >= 4 is 53.7 Å². The Kier molecular flexibility index (Phi) is 6.60. The molecule has 5 nitrogen and oxygen atoms in total. The Hall–Kier alpha value is -6.50. The summed E-state index contributed by atoms with van der Waals surface area (Å²) in [5.74, 6) is 1.35. The summed E-state index contributed by atoms with van der Waals surface area (Å²) in [6, 6.07) is 54.0. The lowest BCUT2D eigenvalue weighted by Crippen LogP contribution is -1.94. The van der Waals surface area contributed by atoms with Crippen molar-refractivity contribution in [3.8, 4) is 56.4 Å². The fraction of sp³-hybridized carbons (Fsp3) is 0. The Morgan fingerprint density at radius 2 is 0.920 bits per heavy atom. The van der Waals surface area contributed by atoms with Crippen molar-refractivity contribution in [1.82, 2.24) is 19.9 Å². The van der Waals surface area contributed by atoms with E-state index in [1.807, 2.05) is 66.7 Å². The topological polar surface area (TPSA) is 64.7 Å². The maximum atomic E-state index is 6.29. The van der Waals surface area contributed by atoms with Gasteiger partial charge in [0.15, 0.2) is 11.6 Å². The first-order valence-electron chi connectivity index (χ1n) is 16.5. The van der Waals surface area contributed by atoms with Gasteiger partial charge in [0.1, 0.15) is 10.4 Å². The molecule has 50 heavy (non-hydrogen) atoms. The normalized spacial score (nSPS) is 11.6. The highest BCUT2D eigenvalue weighted by Crippen LogP contribution is 2.41. The van der Waals surface area contributed by atoms with Crippen molar-refractivity contribution in [3.63, 3.8) is 0 Å². The number of benzene rings is 6. The zero-order chi connectivity index (χ0) is 33.0. The smallest absolute Gasteiger partial charge is 0.231 e. The lowest BCUT2D eigenvalue weighted by molar-refractivity contribution is 0.653. The van der Waals surface area contributed by atoms with E-state index >= 15 is 0 Å². The van der Waals surface area contributed by atoms with E-state index in [1.165, 1.54) is 10.1 Å². The van der Waals surface area contributed by atoms with E-state index in [-0.39, 0.29) is 0 Å². The highest BCUT2D eigenvalue weighted by atomic mass is 32.1. The van der Waals surface area contributed by atoms with Gasteiger partial charge >= 0.3 is 0 Å². The molecule has 0 saturated carbocycles. The Labute approximate surface area is 291 Å². The number of hydrogen-bond acceptors (Lipinski definition) is 6. The van der Waals surface area contributed by atoms with Crippen LogP contribution >= 0.6 is 11.3 Å². The zero-order valence-corrected chi connectivity index (χ0v) is 27.4. The van der Waals surface area contributed by atoms with Crippen LogP contribution in [0, 0.1) is 0 Å². The molecule has 0 amide bonds. The average Bonchev–Trinajstić information content (AvgIpc) is 3.76. The van der Waals surface area contributed by atoms with Gasteiger partial charge in [-0.15, -0.1) is 11.3 Å². The number of para-hydroxylation sites is 1. The summed E-state index contributed by atoms with van der Waals surface area (Å²) in [7, 11) is 0. The number of aromatic nitrogens is 4. The molecule has 0 atom stereocenters. The van der Waals surface area contributed by atoms with E-state index in [0.717, 1.165) is 77.2 Å². The maximum absolute atomic E-state index is 6.29. The van der Waals surface area contributed by atoms with Crippen LogP contribution in [0.15, 0.2) is 162 Å². The molecule has 0 N–H and O–H groups in total. The summed E-state index contributed by atoms with van der Waals surface area (Å²) in [6.07, 6.45) is 0. The van der Waals surface area contributed by atoms with Gasteiger partial charge in [0, 0.05) is 43.1 Å². The van der Waals surface area contributed by atoms with Crippen LogP contribution in [0.25, 0.3) is 98.8 Å². The summed E-state index contributed by atoms with van der Waals surface area (Å²) < 4.78 is 7.49. The largest absolute Gasteiger partial charge is 0.438 e. The first-order chi connectivity index (χ1) is 24.8. The molecule has 4 aromatic heterocycles. The summed E-state index contributed by atoms with van der Waals surface area (Å²) >= 11 is 1.71. The number of thiophene rings is 1. The van der Waals surface area contributed by atoms with Crippen molar-refractivity contribution in [2.24, 2.45) is 0 Å². The molecule has 6 aromatic carbocycles. The lowest BCUT2D eigenvalue weighted by Gasteiger charge is -2.11. The van der Waals surface area contributed by atoms with E-state index < -0.39 is 0 Å². The number of rotatable bonds is 5. The average molecular weight is 659 g/mol. The monoisotopic (exact) mass is 658 g/mol. The predicted molar refractivity (Wildman–Crippen MR) is 205 cm³/mol. The second-order valence-electron chi connectivity index (χ2n) is 12.2. The quantitative estimate of drug-likeness (QED) is 0.184. The van der Waals surface area contributed by atoms with Crippen LogP contribution in [0.2, 0.25) is 0 Å². The van der Waals surface area contributed by atoms with Gasteiger partial charge in [-0.25, -0.2) is 15.0 Å². The number of fused-ring (bicyclic) bond motifs is 6. The minimum absolute atomic E-state index is 0.576. The molecular weight excluding hydrogens is 633 g/mol. The van der Waals surface area contributed by atoms with Crippen molar-refractivity contribution in [1.29, 1.82) is 0 Å². The van der Waals surface area contributed by atoms with Gasteiger partial charge in [0.2, 0.25) is 5.71 Å². The molecule has 10 aromatic rings. The molecule has 10 rings (SSSR count). The fourth-order valence-electron chi connectivity index (χ4n) is 6.79. The molecule has 6 heteroatoms. The summed E-state index contributed by atoms with van der Waals surface area (Å²) in [5, 5.41) is 4.16. The number of furan rings is 1. The summed E-state index contributed by atoms with van der Waals surface area (Å²) in [6.45, 7) is 0. The van der Waals surface area contributed by atoms with Gasteiger partial charge in [0.25, 0.3) is 0 Å². The van der Waals surface area contributed by atoms with Gasteiger partial charge in [-0.3, -0.25) is 0 Å². The van der Waals surface area contributed by atoms with E-state index in [0.29, 0.717) is 11.5 Å².